The van der Waals surface area contributed by atoms with Crippen molar-refractivity contribution in [1.29, 1.82) is 0 Å². The molecule has 0 saturated carbocycles. The van der Waals surface area contributed by atoms with Gasteiger partial charge in [0.15, 0.2) is 0 Å². The van der Waals surface area contributed by atoms with E-state index < -0.39 is 5.97 Å². The van der Waals surface area contributed by atoms with Crippen molar-refractivity contribution >= 4 is 23.1 Å². The smallest absolute Gasteiger partial charge is 0.338 e. The second-order valence-electron chi connectivity index (χ2n) is 5.96. The molecular formula is C21H21NO3. The van der Waals surface area contributed by atoms with Gasteiger partial charge in [-0.25, -0.2) is 4.79 Å². The van der Waals surface area contributed by atoms with Gasteiger partial charge in [0.1, 0.15) is 0 Å². The number of hydrogen-bond donors (Lipinski definition) is 0. The molecule has 2 aromatic rings. The van der Waals surface area contributed by atoms with Crippen LogP contribution in [0.5, 0.6) is 0 Å². The Kier molecular flexibility index (Phi) is 4.98. The SMILES string of the molecule is C=C(C(=O)OCC)c1ccccc1N1CCC(c2ccccc2)C1=O. The second-order valence-corrected chi connectivity index (χ2v) is 5.96. The zero-order valence-electron chi connectivity index (χ0n) is 14.3. The van der Waals surface area contributed by atoms with Gasteiger partial charge >= 0.3 is 5.97 Å². The molecule has 128 valence electrons. The molecule has 0 aliphatic carbocycles. The first-order valence-corrected chi connectivity index (χ1v) is 8.45. The number of amides is 1. The third-order valence-corrected chi connectivity index (χ3v) is 4.45. The van der Waals surface area contributed by atoms with Crippen LogP contribution in [0.15, 0.2) is 61.2 Å². The predicted molar refractivity (Wildman–Crippen MR) is 98.3 cm³/mol. The summed E-state index contributed by atoms with van der Waals surface area (Å²) in [6, 6.07) is 17.1. The largest absolute Gasteiger partial charge is 0.462 e. The standard InChI is InChI=1S/C21H21NO3/c1-3-25-21(24)15(2)17-11-7-8-12-19(17)22-14-13-18(20(22)23)16-9-5-4-6-10-16/h4-12,18H,2-3,13-14H2,1H3. The van der Waals surface area contributed by atoms with Crippen LogP contribution in [-0.4, -0.2) is 25.0 Å². The molecule has 1 unspecified atom stereocenters. The lowest BCUT2D eigenvalue weighted by Crippen LogP contribution is -2.27. The number of hydrogen-bond acceptors (Lipinski definition) is 3. The van der Waals surface area contributed by atoms with Gasteiger partial charge in [-0.3, -0.25) is 4.79 Å². The molecule has 0 radical (unpaired) electrons. The fourth-order valence-corrected chi connectivity index (χ4v) is 3.21. The molecule has 0 aromatic heterocycles. The molecule has 1 heterocycles. The molecule has 1 saturated heterocycles. The van der Waals surface area contributed by atoms with Crippen molar-refractivity contribution in [3.8, 4) is 0 Å². The third-order valence-electron chi connectivity index (χ3n) is 4.45. The Balaban J connectivity index is 1.89. The van der Waals surface area contributed by atoms with E-state index in [1.54, 1.807) is 17.9 Å². The Hall–Kier alpha value is -2.88. The molecule has 1 aliphatic heterocycles. The first-order valence-electron chi connectivity index (χ1n) is 8.45. The van der Waals surface area contributed by atoms with E-state index in [1.807, 2.05) is 48.5 Å². The molecule has 1 fully saturated rings. The summed E-state index contributed by atoms with van der Waals surface area (Å²) in [5.74, 6) is -0.554. The van der Waals surface area contributed by atoms with Crippen LogP contribution >= 0.6 is 0 Å². The minimum Gasteiger partial charge on any atom is -0.462 e. The number of esters is 1. The van der Waals surface area contributed by atoms with Gasteiger partial charge in [0.25, 0.3) is 0 Å². The molecule has 0 bridgehead atoms. The number of anilines is 1. The van der Waals surface area contributed by atoms with Crippen LogP contribution < -0.4 is 4.90 Å². The van der Waals surface area contributed by atoms with E-state index in [4.69, 9.17) is 4.74 Å². The van der Waals surface area contributed by atoms with Gasteiger partial charge in [-0.15, -0.1) is 0 Å². The average Bonchev–Trinajstić information content (AvgIpc) is 3.03. The van der Waals surface area contributed by atoms with Gasteiger partial charge in [-0.2, -0.15) is 0 Å². The van der Waals surface area contributed by atoms with Gasteiger partial charge in [-0.1, -0.05) is 55.1 Å². The molecule has 0 N–H and O–H groups in total. The highest BCUT2D eigenvalue weighted by Gasteiger charge is 2.35. The molecule has 3 rings (SSSR count). The maximum absolute atomic E-state index is 13.0. The number of rotatable bonds is 5. The Morgan fingerprint density at radius 1 is 1.16 bits per heavy atom. The highest BCUT2D eigenvalue weighted by molar-refractivity contribution is 6.18. The Morgan fingerprint density at radius 3 is 2.56 bits per heavy atom. The van der Waals surface area contributed by atoms with Crippen LogP contribution in [0.2, 0.25) is 0 Å². The zero-order valence-corrected chi connectivity index (χ0v) is 14.3. The van der Waals surface area contributed by atoms with Gasteiger partial charge in [-0.05, 0) is 25.0 Å². The summed E-state index contributed by atoms with van der Waals surface area (Å²) in [6.45, 7) is 6.53. The maximum Gasteiger partial charge on any atom is 0.338 e. The van der Waals surface area contributed by atoms with Crippen LogP contribution in [0, 0.1) is 0 Å². The minimum absolute atomic E-state index is 0.0512. The number of nitrogens with zero attached hydrogens (tertiary/aromatic N) is 1. The monoisotopic (exact) mass is 335 g/mol. The van der Waals surface area contributed by atoms with Crippen molar-refractivity contribution in [3.63, 3.8) is 0 Å². The lowest BCUT2D eigenvalue weighted by Gasteiger charge is -2.21. The van der Waals surface area contributed by atoms with Crippen molar-refractivity contribution in [1.82, 2.24) is 0 Å². The lowest BCUT2D eigenvalue weighted by molar-refractivity contribution is -0.136. The third kappa shape index (κ3) is 3.33. The summed E-state index contributed by atoms with van der Waals surface area (Å²) in [5.41, 5.74) is 2.65. The van der Waals surface area contributed by atoms with E-state index >= 15 is 0 Å². The number of para-hydroxylation sites is 1. The van der Waals surface area contributed by atoms with Crippen LogP contribution in [0.1, 0.15) is 30.4 Å². The van der Waals surface area contributed by atoms with Crippen molar-refractivity contribution in [3.05, 3.63) is 72.3 Å². The summed E-state index contributed by atoms with van der Waals surface area (Å²) >= 11 is 0. The molecule has 25 heavy (non-hydrogen) atoms. The van der Waals surface area contributed by atoms with Crippen LogP contribution in [0.3, 0.4) is 0 Å². The Bertz CT molecular complexity index is 798. The zero-order chi connectivity index (χ0) is 17.8. The van der Waals surface area contributed by atoms with E-state index in [1.165, 1.54) is 0 Å². The van der Waals surface area contributed by atoms with E-state index in [9.17, 15) is 9.59 Å². The summed E-state index contributed by atoms with van der Waals surface area (Å²) in [5, 5.41) is 0. The van der Waals surface area contributed by atoms with Gasteiger partial charge < -0.3 is 9.64 Å². The van der Waals surface area contributed by atoms with Crippen LogP contribution in [-0.2, 0) is 14.3 Å². The van der Waals surface area contributed by atoms with Gasteiger partial charge in [0, 0.05) is 12.1 Å². The van der Waals surface area contributed by atoms with Crippen molar-refractivity contribution in [2.24, 2.45) is 0 Å². The normalized spacial score (nSPS) is 16.8. The summed E-state index contributed by atoms with van der Waals surface area (Å²) in [6.07, 6.45) is 0.753. The van der Waals surface area contributed by atoms with E-state index in [2.05, 4.69) is 6.58 Å². The Labute approximate surface area is 147 Å². The maximum atomic E-state index is 13.0. The molecule has 1 aliphatic rings. The second kappa shape index (κ2) is 7.34. The fraction of sp³-hybridized carbons (Fsp3) is 0.238. The molecule has 1 atom stereocenters. The number of ether oxygens (including phenoxy) is 1. The highest BCUT2D eigenvalue weighted by atomic mass is 16.5. The summed E-state index contributed by atoms with van der Waals surface area (Å²) in [7, 11) is 0. The molecular weight excluding hydrogens is 314 g/mol. The van der Waals surface area contributed by atoms with Crippen molar-refractivity contribution in [2.75, 3.05) is 18.1 Å². The van der Waals surface area contributed by atoms with E-state index in [-0.39, 0.29) is 17.4 Å². The highest BCUT2D eigenvalue weighted by Crippen LogP contribution is 2.35. The lowest BCUT2D eigenvalue weighted by atomic mass is 9.98. The van der Waals surface area contributed by atoms with Crippen molar-refractivity contribution in [2.45, 2.75) is 19.3 Å². The Morgan fingerprint density at radius 2 is 1.84 bits per heavy atom. The molecule has 4 heteroatoms. The number of carbonyl (C=O) groups excluding carboxylic acids is 2. The molecule has 0 spiro atoms. The average molecular weight is 335 g/mol. The first-order chi connectivity index (χ1) is 12.1. The topological polar surface area (TPSA) is 46.6 Å². The molecule has 2 aromatic carbocycles. The predicted octanol–water partition coefficient (Wildman–Crippen LogP) is 3.78. The number of benzene rings is 2. The fourth-order valence-electron chi connectivity index (χ4n) is 3.21. The summed E-state index contributed by atoms with van der Waals surface area (Å²) < 4.78 is 5.05. The molecule has 4 nitrogen and oxygen atoms in total. The van der Waals surface area contributed by atoms with Crippen LogP contribution in [0.25, 0.3) is 5.57 Å². The van der Waals surface area contributed by atoms with Gasteiger partial charge in [0.2, 0.25) is 5.91 Å². The quantitative estimate of drug-likeness (QED) is 0.617. The first kappa shape index (κ1) is 17.0. The van der Waals surface area contributed by atoms with E-state index in [0.29, 0.717) is 24.4 Å². The number of carbonyl (C=O) groups is 2. The van der Waals surface area contributed by atoms with Crippen LogP contribution in [0.4, 0.5) is 5.69 Å². The van der Waals surface area contributed by atoms with Crippen molar-refractivity contribution < 1.29 is 14.3 Å². The molecule has 1 amide bonds. The summed E-state index contributed by atoms with van der Waals surface area (Å²) in [4.78, 5) is 26.8. The minimum atomic E-state index is -0.457. The van der Waals surface area contributed by atoms with Gasteiger partial charge in [0.05, 0.1) is 23.8 Å². The van der Waals surface area contributed by atoms with E-state index in [0.717, 1.165) is 12.0 Å².